The Morgan fingerprint density at radius 2 is 1.06 bits per heavy atom. The Bertz CT molecular complexity index is 964. The number of hydrogen-bond donors (Lipinski definition) is 2. The Morgan fingerprint density at radius 3 is 1.53 bits per heavy atom. The van der Waals surface area contributed by atoms with Crippen LogP contribution in [0.1, 0.15) is 187 Å². The topological polar surface area (TPSA) is 108 Å². The second-order valence-corrected chi connectivity index (χ2v) is 17.4. The number of nitrogens with zero attached hydrogens (tertiary/aromatic N) is 1. The van der Waals surface area contributed by atoms with Crippen molar-refractivity contribution in [3.8, 4) is 0 Å². The van der Waals surface area contributed by atoms with Gasteiger partial charge in [-0.1, -0.05) is 172 Å². The van der Waals surface area contributed by atoms with Crippen LogP contribution in [-0.2, 0) is 18.4 Å². The van der Waals surface area contributed by atoms with Crippen molar-refractivity contribution in [2.24, 2.45) is 0 Å². The Balaban J connectivity index is 4.52. The van der Waals surface area contributed by atoms with Crippen LogP contribution in [0.5, 0.6) is 0 Å². The average Bonchev–Trinajstić information content (AvgIpc) is 3.10. The molecule has 312 valence electrons. The number of carbonyl (C=O) groups excluding carboxylic acids is 1. The van der Waals surface area contributed by atoms with Gasteiger partial charge in [0.2, 0.25) is 5.91 Å². The van der Waals surface area contributed by atoms with E-state index in [4.69, 9.17) is 9.05 Å². The van der Waals surface area contributed by atoms with Crippen molar-refractivity contribution in [2.75, 3.05) is 40.9 Å². The third kappa shape index (κ3) is 38.8. The molecule has 0 saturated heterocycles. The van der Waals surface area contributed by atoms with Gasteiger partial charge in [-0.3, -0.25) is 9.36 Å². The van der Waals surface area contributed by atoms with Crippen molar-refractivity contribution < 1.29 is 32.9 Å². The first-order valence-corrected chi connectivity index (χ1v) is 23.3. The van der Waals surface area contributed by atoms with Gasteiger partial charge in [0.1, 0.15) is 13.2 Å². The molecule has 0 rings (SSSR count). The lowest BCUT2D eigenvalue weighted by Crippen LogP contribution is -2.45. The summed E-state index contributed by atoms with van der Waals surface area (Å²) in [6, 6.07) is -0.905. The lowest BCUT2D eigenvalue weighted by atomic mass is 10.0. The minimum atomic E-state index is -4.59. The summed E-state index contributed by atoms with van der Waals surface area (Å²) in [5.74, 6) is -0.212. The standard InChI is InChI=1S/C44H85N2O6P/c1-6-8-10-12-14-16-18-20-22-24-25-27-29-31-33-35-37-43(47)42(41-52-53(49,50)51-40-39-46(3,4)5)45-44(48)38-36-34-32-30-28-26-23-21-19-17-15-13-11-9-7-2/h20,22,27,29,35,37,42-43,47H,6-19,21,23-26,28,30-34,36,38-41H2,1-5H3,(H-,45,48,49,50)/b22-20+,29-27+,37-35+. The molecule has 1 amide bonds. The maximum atomic E-state index is 12.8. The zero-order valence-corrected chi connectivity index (χ0v) is 36.1. The number of quaternary nitrogens is 1. The van der Waals surface area contributed by atoms with Gasteiger partial charge >= 0.3 is 0 Å². The van der Waals surface area contributed by atoms with E-state index in [1.54, 1.807) is 6.08 Å². The molecule has 3 unspecified atom stereocenters. The SMILES string of the molecule is CCCCCCCC/C=C/CC/C=C/CC/C=C/C(O)C(COP(=O)([O-])OCC[N+](C)(C)C)NC(=O)CCCCCCCCCCCCCCCCC. The van der Waals surface area contributed by atoms with Crippen molar-refractivity contribution in [3.63, 3.8) is 0 Å². The number of amides is 1. The Labute approximate surface area is 327 Å². The number of unbranched alkanes of at least 4 members (excludes halogenated alkanes) is 22. The second-order valence-electron chi connectivity index (χ2n) is 16.0. The fraction of sp³-hybridized carbons (Fsp3) is 0.841. The minimum absolute atomic E-state index is 0.00798. The normalized spacial score (nSPS) is 14.8. The average molecular weight is 769 g/mol. The summed E-state index contributed by atoms with van der Waals surface area (Å²) in [4.78, 5) is 25.3. The lowest BCUT2D eigenvalue weighted by molar-refractivity contribution is -0.870. The molecular formula is C44H85N2O6P. The van der Waals surface area contributed by atoms with E-state index in [-0.39, 0.29) is 12.5 Å². The number of aliphatic hydroxyl groups excluding tert-OH is 1. The molecule has 2 N–H and O–H groups in total. The van der Waals surface area contributed by atoms with Crippen molar-refractivity contribution >= 4 is 13.7 Å². The minimum Gasteiger partial charge on any atom is -0.756 e. The first kappa shape index (κ1) is 51.7. The number of hydrogen-bond acceptors (Lipinski definition) is 6. The summed E-state index contributed by atoms with van der Waals surface area (Å²) < 4.78 is 23.1. The number of likely N-dealkylation sites (N-methyl/N-ethyl adjacent to an activating group) is 1. The molecule has 0 aliphatic heterocycles. The molecule has 3 atom stereocenters. The van der Waals surface area contributed by atoms with Crippen molar-refractivity contribution in [2.45, 2.75) is 199 Å². The van der Waals surface area contributed by atoms with E-state index in [1.165, 1.54) is 122 Å². The number of aliphatic hydroxyl groups is 1. The molecule has 0 bridgehead atoms. The van der Waals surface area contributed by atoms with Gasteiger partial charge < -0.3 is 28.8 Å². The highest BCUT2D eigenvalue weighted by molar-refractivity contribution is 7.45. The van der Waals surface area contributed by atoms with Gasteiger partial charge in [-0.2, -0.15) is 0 Å². The molecule has 0 aromatic carbocycles. The van der Waals surface area contributed by atoms with E-state index >= 15 is 0 Å². The molecule has 0 saturated carbocycles. The van der Waals surface area contributed by atoms with Gasteiger partial charge in [-0.25, -0.2) is 0 Å². The summed E-state index contributed by atoms with van der Waals surface area (Å²) in [6.45, 7) is 4.60. The van der Waals surface area contributed by atoms with E-state index in [9.17, 15) is 19.4 Å². The smallest absolute Gasteiger partial charge is 0.268 e. The Morgan fingerprint density at radius 1 is 0.642 bits per heavy atom. The molecule has 9 heteroatoms. The van der Waals surface area contributed by atoms with Crippen molar-refractivity contribution in [1.82, 2.24) is 5.32 Å². The highest BCUT2D eigenvalue weighted by atomic mass is 31.2. The number of phosphoric acid groups is 1. The van der Waals surface area contributed by atoms with Gasteiger partial charge in [-0.15, -0.1) is 0 Å². The number of allylic oxidation sites excluding steroid dienone is 5. The molecule has 0 fully saturated rings. The fourth-order valence-corrected chi connectivity index (χ4v) is 6.79. The lowest BCUT2D eigenvalue weighted by Gasteiger charge is -2.29. The molecule has 0 radical (unpaired) electrons. The van der Waals surface area contributed by atoms with Gasteiger partial charge in [-0.05, 0) is 44.9 Å². The van der Waals surface area contributed by atoms with Crippen LogP contribution in [0, 0.1) is 0 Å². The molecule has 0 spiro atoms. The fourth-order valence-electron chi connectivity index (χ4n) is 6.07. The van der Waals surface area contributed by atoms with Crippen LogP contribution in [0.25, 0.3) is 0 Å². The highest BCUT2D eigenvalue weighted by Gasteiger charge is 2.23. The summed E-state index contributed by atoms with van der Waals surface area (Å²) in [6.07, 6.45) is 43.3. The largest absolute Gasteiger partial charge is 0.756 e. The van der Waals surface area contributed by atoms with E-state index in [0.29, 0.717) is 17.4 Å². The summed E-state index contributed by atoms with van der Waals surface area (Å²) in [5.41, 5.74) is 0. The molecule has 0 heterocycles. The van der Waals surface area contributed by atoms with E-state index in [0.717, 1.165) is 44.9 Å². The number of rotatable bonds is 39. The van der Waals surface area contributed by atoms with E-state index in [1.807, 2.05) is 27.2 Å². The first-order chi connectivity index (χ1) is 25.5. The third-order valence-corrected chi connectivity index (χ3v) is 10.5. The van der Waals surface area contributed by atoms with E-state index < -0.39 is 26.6 Å². The molecule has 0 aliphatic carbocycles. The number of nitrogens with one attached hydrogen (secondary N) is 1. The van der Waals surface area contributed by atoms with Crippen LogP contribution in [0.15, 0.2) is 36.5 Å². The Hall–Kier alpha value is -1.28. The first-order valence-electron chi connectivity index (χ1n) is 21.9. The number of carbonyl (C=O) groups is 1. The molecule has 0 aliphatic rings. The summed E-state index contributed by atoms with van der Waals surface area (Å²) in [7, 11) is 1.24. The van der Waals surface area contributed by atoms with E-state index in [2.05, 4.69) is 43.5 Å². The molecular weight excluding hydrogens is 683 g/mol. The van der Waals surface area contributed by atoms with Crippen LogP contribution in [0.2, 0.25) is 0 Å². The van der Waals surface area contributed by atoms with Crippen LogP contribution < -0.4 is 10.2 Å². The van der Waals surface area contributed by atoms with Crippen LogP contribution in [-0.4, -0.2) is 68.5 Å². The van der Waals surface area contributed by atoms with Gasteiger partial charge in [0, 0.05) is 6.42 Å². The highest BCUT2D eigenvalue weighted by Crippen LogP contribution is 2.38. The zero-order valence-electron chi connectivity index (χ0n) is 35.2. The predicted molar refractivity (Wildman–Crippen MR) is 224 cm³/mol. The number of phosphoric ester groups is 1. The van der Waals surface area contributed by atoms with Crippen LogP contribution >= 0.6 is 7.82 Å². The van der Waals surface area contributed by atoms with Gasteiger partial charge in [0.05, 0.1) is 39.9 Å². The van der Waals surface area contributed by atoms with Crippen molar-refractivity contribution in [1.29, 1.82) is 0 Å². The Kier molecular flexibility index (Phi) is 35.5. The monoisotopic (exact) mass is 769 g/mol. The quantitative estimate of drug-likeness (QED) is 0.0279. The van der Waals surface area contributed by atoms with Gasteiger partial charge in [0.25, 0.3) is 7.82 Å². The second kappa shape index (κ2) is 36.4. The molecule has 53 heavy (non-hydrogen) atoms. The third-order valence-electron chi connectivity index (χ3n) is 9.58. The molecule has 8 nitrogen and oxygen atoms in total. The maximum absolute atomic E-state index is 12.8. The predicted octanol–water partition coefficient (Wildman–Crippen LogP) is 11.3. The van der Waals surface area contributed by atoms with Crippen LogP contribution in [0.3, 0.4) is 0 Å². The summed E-state index contributed by atoms with van der Waals surface area (Å²) >= 11 is 0. The molecule has 0 aromatic heterocycles. The van der Waals surface area contributed by atoms with Gasteiger partial charge in [0.15, 0.2) is 0 Å². The summed E-state index contributed by atoms with van der Waals surface area (Å²) in [5, 5.41) is 13.7. The molecule has 0 aromatic rings. The zero-order chi connectivity index (χ0) is 39.3. The van der Waals surface area contributed by atoms with Crippen LogP contribution in [0.4, 0.5) is 0 Å². The maximum Gasteiger partial charge on any atom is 0.268 e. The van der Waals surface area contributed by atoms with Crippen molar-refractivity contribution in [3.05, 3.63) is 36.5 Å².